The van der Waals surface area contributed by atoms with E-state index in [9.17, 15) is 43.5 Å². The summed E-state index contributed by atoms with van der Waals surface area (Å²) in [4.78, 5) is 106. The average molecular weight is 741 g/mol. The molecular formula is C34H48N10O9. The van der Waals surface area contributed by atoms with Crippen molar-refractivity contribution in [2.45, 2.75) is 75.5 Å². The van der Waals surface area contributed by atoms with E-state index in [1.54, 1.807) is 30.3 Å². The van der Waals surface area contributed by atoms with Crippen LogP contribution in [0.25, 0.3) is 0 Å². The molecule has 4 atom stereocenters. The van der Waals surface area contributed by atoms with Crippen LogP contribution in [0.4, 0.5) is 0 Å². The first-order chi connectivity index (χ1) is 25.3. The van der Waals surface area contributed by atoms with Gasteiger partial charge in [0.25, 0.3) is 11.8 Å². The highest BCUT2D eigenvalue weighted by Gasteiger charge is 2.32. The number of unbranched alkanes of at least 4 members (excludes halogenated alkanes) is 1. The molecule has 0 bridgehead atoms. The Kier molecular flexibility index (Phi) is 16.9. The molecule has 288 valence electrons. The van der Waals surface area contributed by atoms with Crippen LogP contribution in [0.3, 0.4) is 0 Å². The Morgan fingerprint density at radius 3 is 2.06 bits per heavy atom. The number of imide groups is 1. The van der Waals surface area contributed by atoms with E-state index in [0.29, 0.717) is 24.8 Å². The molecule has 2 aliphatic heterocycles. The number of nitrogens with two attached hydrogens (primary N) is 2. The number of nitrogens with zero attached hydrogens (tertiary/aromatic N) is 2. The number of amides is 7. The van der Waals surface area contributed by atoms with Gasteiger partial charge >= 0.3 is 5.97 Å². The topological polar surface area (TPSA) is 297 Å². The molecule has 3 rings (SSSR count). The number of carbonyl (C=O) groups excluding carboxylic acids is 7. The summed E-state index contributed by atoms with van der Waals surface area (Å²) >= 11 is 0. The summed E-state index contributed by atoms with van der Waals surface area (Å²) in [6, 6.07) is 4.11. The summed E-state index contributed by atoms with van der Waals surface area (Å²) in [5, 5.41) is 25.7. The second kappa shape index (κ2) is 21.5. The number of carboxylic acid groups (broad SMARTS) is 1. The van der Waals surface area contributed by atoms with E-state index >= 15 is 0 Å². The van der Waals surface area contributed by atoms with Crippen LogP contribution in [-0.4, -0.2) is 120 Å². The lowest BCUT2D eigenvalue weighted by Gasteiger charge is -2.26. The predicted octanol–water partition coefficient (Wildman–Crippen LogP) is -3.10. The van der Waals surface area contributed by atoms with Crippen LogP contribution >= 0.6 is 0 Å². The standard InChI is InChI=1S/C34H48N10O9/c35-34(36)40-15-6-10-22-30(50)39-17-16-37-24(20-29(48)49)32(52)43-25(19-21-7-2-1-3-8-21)33(53)42-23(31(51)41-22)9-4-5-14-38-26(45)13-18-44-27(46)11-12-28(44)47/h1-3,7-8,11-12,22-25,37H,4-6,9-10,13-20H2,(H,38,45)(H,39,50)(H,41,51)(H,42,53)(H,43,52)(H,48,49)(H4,35,36,40)/t22?,23?,24-,25-/m1/s1. The van der Waals surface area contributed by atoms with Crippen LogP contribution in [0.5, 0.6) is 0 Å². The summed E-state index contributed by atoms with van der Waals surface area (Å²) in [6.45, 7) is 0.305. The Morgan fingerprint density at radius 1 is 0.792 bits per heavy atom. The monoisotopic (exact) mass is 740 g/mol. The normalized spacial score (nSPS) is 21.4. The highest BCUT2D eigenvalue weighted by atomic mass is 16.4. The molecule has 0 aromatic heterocycles. The van der Waals surface area contributed by atoms with Gasteiger partial charge in [-0.2, -0.15) is 0 Å². The van der Waals surface area contributed by atoms with E-state index in [1.165, 1.54) is 0 Å². The lowest BCUT2D eigenvalue weighted by atomic mass is 10.0. The molecule has 0 aliphatic carbocycles. The number of benzene rings is 1. The summed E-state index contributed by atoms with van der Waals surface area (Å²) < 4.78 is 0. The highest BCUT2D eigenvalue weighted by molar-refractivity contribution is 6.13. The van der Waals surface area contributed by atoms with E-state index in [2.05, 4.69) is 36.9 Å². The van der Waals surface area contributed by atoms with E-state index in [4.69, 9.17) is 11.5 Å². The van der Waals surface area contributed by atoms with Crippen molar-refractivity contribution in [3.8, 4) is 0 Å². The van der Waals surface area contributed by atoms with Crippen LogP contribution < -0.4 is 43.4 Å². The van der Waals surface area contributed by atoms with E-state index < -0.39 is 72.0 Å². The van der Waals surface area contributed by atoms with Gasteiger partial charge in [0, 0.05) is 57.7 Å². The van der Waals surface area contributed by atoms with Gasteiger partial charge in [0.2, 0.25) is 29.5 Å². The van der Waals surface area contributed by atoms with Gasteiger partial charge in [0.05, 0.1) is 12.5 Å². The van der Waals surface area contributed by atoms with Gasteiger partial charge in [-0.15, -0.1) is 0 Å². The van der Waals surface area contributed by atoms with Crippen LogP contribution in [0.15, 0.2) is 47.5 Å². The van der Waals surface area contributed by atoms with E-state index in [-0.39, 0.29) is 70.3 Å². The molecule has 2 heterocycles. The van der Waals surface area contributed by atoms with Gasteiger partial charge in [-0.05, 0) is 37.7 Å². The molecule has 0 radical (unpaired) electrons. The second-order valence-corrected chi connectivity index (χ2v) is 12.5. The SMILES string of the molecule is NC(N)=NCCCC1NC(=O)C(CCCCNC(=O)CCN2C(=O)C=CC2=O)NC(=O)[C@@H](Cc2ccccc2)NC(=O)[C@@H](CC(=O)O)NCCNC1=O. The third-order valence-corrected chi connectivity index (χ3v) is 8.34. The zero-order chi connectivity index (χ0) is 38.8. The molecule has 53 heavy (non-hydrogen) atoms. The Labute approximate surface area is 306 Å². The maximum Gasteiger partial charge on any atom is 0.305 e. The average Bonchev–Trinajstić information content (AvgIpc) is 3.44. The maximum absolute atomic E-state index is 13.8. The first-order valence-electron chi connectivity index (χ1n) is 17.4. The largest absolute Gasteiger partial charge is 0.481 e. The first-order valence-corrected chi connectivity index (χ1v) is 17.4. The van der Waals surface area contributed by atoms with Crippen molar-refractivity contribution < 1.29 is 43.5 Å². The van der Waals surface area contributed by atoms with Crippen molar-refractivity contribution in [1.82, 2.24) is 36.8 Å². The molecule has 0 spiro atoms. The van der Waals surface area contributed by atoms with Crippen molar-refractivity contribution in [3.63, 3.8) is 0 Å². The minimum atomic E-state index is -1.26. The molecule has 7 amide bonds. The molecule has 19 nitrogen and oxygen atoms in total. The number of nitrogens with one attached hydrogen (secondary N) is 6. The third-order valence-electron chi connectivity index (χ3n) is 8.34. The third kappa shape index (κ3) is 14.7. The number of carboxylic acids is 1. The quantitative estimate of drug-likeness (QED) is 0.0353. The fraction of sp³-hybridized carbons (Fsp3) is 0.500. The fourth-order valence-corrected chi connectivity index (χ4v) is 5.56. The molecule has 1 saturated heterocycles. The van der Waals surface area contributed by atoms with Gasteiger partial charge < -0.3 is 48.5 Å². The highest BCUT2D eigenvalue weighted by Crippen LogP contribution is 2.10. The Hall–Kier alpha value is -5.85. The molecule has 11 N–H and O–H groups in total. The predicted molar refractivity (Wildman–Crippen MR) is 190 cm³/mol. The Bertz CT molecular complexity index is 1530. The smallest absolute Gasteiger partial charge is 0.305 e. The van der Waals surface area contributed by atoms with Crippen LogP contribution in [-0.2, 0) is 44.8 Å². The molecular weight excluding hydrogens is 692 g/mol. The van der Waals surface area contributed by atoms with Gasteiger partial charge in [0.1, 0.15) is 18.1 Å². The Balaban J connectivity index is 1.77. The number of aliphatic carboxylic acids is 1. The lowest BCUT2D eigenvalue weighted by Crippen LogP contribution is -2.58. The van der Waals surface area contributed by atoms with Gasteiger partial charge in [-0.1, -0.05) is 30.3 Å². The van der Waals surface area contributed by atoms with E-state index in [1.807, 2.05) is 0 Å². The van der Waals surface area contributed by atoms with Crippen molar-refractivity contribution in [1.29, 1.82) is 0 Å². The summed E-state index contributed by atoms with van der Waals surface area (Å²) in [7, 11) is 0. The number of rotatable bonds is 16. The first kappa shape index (κ1) is 41.6. The number of hydrogen-bond acceptors (Lipinski definition) is 10. The zero-order valence-electron chi connectivity index (χ0n) is 29.3. The molecule has 0 saturated carbocycles. The molecule has 2 unspecified atom stereocenters. The van der Waals surface area contributed by atoms with Crippen molar-refractivity contribution >= 4 is 53.3 Å². The maximum atomic E-state index is 13.8. The number of guanidine groups is 1. The molecule has 2 aliphatic rings. The molecule has 1 fully saturated rings. The molecule has 1 aromatic rings. The van der Waals surface area contributed by atoms with Gasteiger partial charge in [0.15, 0.2) is 5.96 Å². The molecule has 19 heteroatoms. The Morgan fingerprint density at radius 2 is 1.40 bits per heavy atom. The minimum Gasteiger partial charge on any atom is -0.481 e. The lowest BCUT2D eigenvalue weighted by molar-refractivity contribution is -0.140. The number of aliphatic imine (C=N–C) groups is 1. The fourth-order valence-electron chi connectivity index (χ4n) is 5.56. The van der Waals surface area contributed by atoms with Crippen LogP contribution in [0.1, 0.15) is 50.5 Å². The zero-order valence-corrected chi connectivity index (χ0v) is 29.3. The van der Waals surface area contributed by atoms with Gasteiger partial charge in [-0.3, -0.25) is 48.2 Å². The number of carbonyl (C=O) groups is 8. The number of hydrogen-bond donors (Lipinski definition) is 9. The van der Waals surface area contributed by atoms with Crippen LogP contribution in [0.2, 0.25) is 0 Å². The van der Waals surface area contributed by atoms with Gasteiger partial charge in [-0.25, -0.2) is 0 Å². The summed E-state index contributed by atoms with van der Waals surface area (Å²) in [6.07, 6.45) is 2.84. The minimum absolute atomic E-state index is 0.00615. The second-order valence-electron chi connectivity index (χ2n) is 12.5. The summed E-state index contributed by atoms with van der Waals surface area (Å²) in [5.41, 5.74) is 11.5. The van der Waals surface area contributed by atoms with E-state index in [0.717, 1.165) is 17.1 Å². The van der Waals surface area contributed by atoms with Crippen molar-refractivity contribution in [2.24, 2.45) is 16.5 Å². The van der Waals surface area contributed by atoms with Crippen molar-refractivity contribution in [3.05, 3.63) is 48.0 Å². The summed E-state index contributed by atoms with van der Waals surface area (Å²) in [5.74, 6) is -5.45. The van der Waals surface area contributed by atoms with Crippen LogP contribution in [0, 0.1) is 0 Å². The van der Waals surface area contributed by atoms with Crippen molar-refractivity contribution in [2.75, 3.05) is 32.7 Å². The molecule has 1 aromatic carbocycles.